The van der Waals surface area contributed by atoms with Crippen molar-refractivity contribution in [1.29, 1.82) is 5.26 Å². The third-order valence-corrected chi connectivity index (χ3v) is 6.96. The second kappa shape index (κ2) is 10.5. The number of anilines is 1. The standard InChI is InChI=1S/C27H23N2O3P/c28-21-23-18-16-22(17-19-23)20-27(29-24-10-4-1-5-11-24)33(30,31-25-12-6-2-7-13-25)32-26-14-8-3-9-15-26/h1-19,27,29H,20H2. The summed E-state index contributed by atoms with van der Waals surface area (Å²) in [6.45, 7) is 0. The maximum Gasteiger partial charge on any atom is 0.453 e. The summed E-state index contributed by atoms with van der Waals surface area (Å²) in [4.78, 5) is 0. The summed E-state index contributed by atoms with van der Waals surface area (Å²) in [5.74, 6) is 0.209. The van der Waals surface area contributed by atoms with Gasteiger partial charge in [-0.25, -0.2) is 4.57 Å². The molecule has 0 heterocycles. The fraction of sp³-hybridized carbons (Fsp3) is 0.0741. The molecule has 0 fully saturated rings. The Balaban J connectivity index is 1.72. The highest BCUT2D eigenvalue weighted by atomic mass is 31.2. The summed E-state index contributed by atoms with van der Waals surface area (Å²) < 4.78 is 26.6. The highest BCUT2D eigenvalue weighted by Crippen LogP contribution is 2.53. The lowest BCUT2D eigenvalue weighted by atomic mass is 10.1. The van der Waals surface area contributed by atoms with Crippen LogP contribution < -0.4 is 14.4 Å². The zero-order chi connectivity index (χ0) is 22.9. The van der Waals surface area contributed by atoms with Gasteiger partial charge in [-0.1, -0.05) is 66.7 Å². The molecule has 1 atom stereocenters. The predicted molar refractivity (Wildman–Crippen MR) is 130 cm³/mol. The number of para-hydroxylation sites is 3. The quantitative estimate of drug-likeness (QED) is 0.279. The Morgan fingerprint density at radius 3 is 1.70 bits per heavy atom. The average Bonchev–Trinajstić information content (AvgIpc) is 2.86. The van der Waals surface area contributed by atoms with E-state index in [1.807, 2.05) is 78.9 Å². The Kier molecular flexibility index (Phi) is 7.09. The molecule has 4 aromatic carbocycles. The lowest BCUT2D eigenvalue weighted by molar-refractivity contribution is 0.374. The van der Waals surface area contributed by atoms with Crippen LogP contribution in [-0.2, 0) is 11.0 Å². The minimum atomic E-state index is -3.80. The monoisotopic (exact) mass is 454 g/mol. The van der Waals surface area contributed by atoms with Crippen molar-refractivity contribution in [2.75, 3.05) is 5.32 Å². The first-order valence-corrected chi connectivity index (χ1v) is 12.2. The molecule has 6 heteroatoms. The predicted octanol–water partition coefficient (Wildman–Crippen LogP) is 6.89. The lowest BCUT2D eigenvalue weighted by Crippen LogP contribution is -2.27. The highest BCUT2D eigenvalue weighted by molar-refractivity contribution is 7.55. The van der Waals surface area contributed by atoms with Crippen LogP contribution in [0.1, 0.15) is 11.1 Å². The molecule has 0 aromatic heterocycles. The van der Waals surface area contributed by atoms with Gasteiger partial charge in [0.05, 0.1) is 11.6 Å². The van der Waals surface area contributed by atoms with Crippen molar-refractivity contribution in [3.05, 3.63) is 126 Å². The van der Waals surface area contributed by atoms with Crippen LogP contribution in [0.4, 0.5) is 5.69 Å². The Morgan fingerprint density at radius 2 is 1.21 bits per heavy atom. The molecule has 4 aromatic rings. The molecule has 1 unspecified atom stereocenters. The van der Waals surface area contributed by atoms with Crippen molar-refractivity contribution in [2.45, 2.75) is 12.2 Å². The molecule has 1 N–H and O–H groups in total. The Morgan fingerprint density at radius 1 is 0.727 bits per heavy atom. The summed E-state index contributed by atoms with van der Waals surface area (Å²) in [5, 5.41) is 12.5. The molecular weight excluding hydrogens is 431 g/mol. The summed E-state index contributed by atoms with van der Waals surface area (Å²) >= 11 is 0. The first kappa shape index (κ1) is 22.2. The lowest BCUT2D eigenvalue weighted by Gasteiger charge is -2.29. The van der Waals surface area contributed by atoms with Crippen molar-refractivity contribution in [1.82, 2.24) is 0 Å². The Hall–Kier alpha value is -4.00. The first-order valence-electron chi connectivity index (χ1n) is 10.5. The van der Waals surface area contributed by atoms with Crippen LogP contribution in [0.2, 0.25) is 0 Å². The second-order valence-electron chi connectivity index (χ2n) is 7.39. The number of nitriles is 1. The summed E-state index contributed by atoms with van der Waals surface area (Å²) in [7, 11) is -3.80. The van der Waals surface area contributed by atoms with E-state index < -0.39 is 13.4 Å². The van der Waals surface area contributed by atoms with Crippen molar-refractivity contribution in [3.63, 3.8) is 0 Å². The molecule has 5 nitrogen and oxygen atoms in total. The van der Waals surface area contributed by atoms with Crippen LogP contribution in [0.5, 0.6) is 11.5 Å². The van der Waals surface area contributed by atoms with Gasteiger partial charge in [0.25, 0.3) is 0 Å². The van der Waals surface area contributed by atoms with E-state index in [1.54, 1.807) is 36.4 Å². The SMILES string of the molecule is N#Cc1ccc(CC(Nc2ccccc2)P(=O)(Oc2ccccc2)Oc2ccccc2)cc1. The number of hydrogen-bond donors (Lipinski definition) is 1. The van der Waals surface area contributed by atoms with Gasteiger partial charge < -0.3 is 14.4 Å². The molecule has 0 radical (unpaired) electrons. The van der Waals surface area contributed by atoms with Crippen molar-refractivity contribution >= 4 is 13.3 Å². The molecule has 0 aliphatic carbocycles. The van der Waals surface area contributed by atoms with Gasteiger partial charge in [0, 0.05) is 12.1 Å². The van der Waals surface area contributed by atoms with Crippen molar-refractivity contribution in [3.8, 4) is 17.6 Å². The highest BCUT2D eigenvalue weighted by Gasteiger charge is 2.40. The smallest absolute Gasteiger partial charge is 0.415 e. The van der Waals surface area contributed by atoms with E-state index in [9.17, 15) is 4.57 Å². The van der Waals surface area contributed by atoms with Gasteiger partial charge in [-0.15, -0.1) is 0 Å². The number of rotatable bonds is 9. The summed E-state index contributed by atoms with van der Waals surface area (Å²) in [6, 6.07) is 36.9. The van der Waals surface area contributed by atoms with Gasteiger partial charge in [0.2, 0.25) is 0 Å². The Labute approximate surface area is 193 Å². The summed E-state index contributed by atoms with van der Waals surface area (Å²) in [5.41, 5.74) is 2.26. The van der Waals surface area contributed by atoms with Gasteiger partial charge >= 0.3 is 7.60 Å². The van der Waals surface area contributed by atoms with E-state index in [2.05, 4.69) is 11.4 Å². The van der Waals surface area contributed by atoms with Crippen LogP contribution in [0, 0.1) is 11.3 Å². The maximum atomic E-state index is 14.4. The number of benzene rings is 4. The third-order valence-electron chi connectivity index (χ3n) is 4.95. The van der Waals surface area contributed by atoms with Crippen molar-refractivity contribution < 1.29 is 13.6 Å². The van der Waals surface area contributed by atoms with Gasteiger partial charge in [-0.05, 0) is 54.1 Å². The maximum absolute atomic E-state index is 14.4. The summed E-state index contributed by atoms with van der Waals surface area (Å²) in [6.07, 6.45) is 0.359. The van der Waals surface area contributed by atoms with E-state index in [0.29, 0.717) is 23.5 Å². The number of hydrogen-bond acceptors (Lipinski definition) is 5. The fourth-order valence-corrected chi connectivity index (χ4v) is 5.17. The molecular formula is C27H23N2O3P. The van der Waals surface area contributed by atoms with E-state index in [1.165, 1.54) is 0 Å². The molecule has 164 valence electrons. The molecule has 0 spiro atoms. The largest absolute Gasteiger partial charge is 0.453 e. The fourth-order valence-electron chi connectivity index (χ4n) is 3.31. The average molecular weight is 454 g/mol. The zero-order valence-electron chi connectivity index (χ0n) is 17.9. The van der Waals surface area contributed by atoms with Gasteiger partial charge in [-0.2, -0.15) is 5.26 Å². The molecule has 0 bridgehead atoms. The van der Waals surface area contributed by atoms with Gasteiger partial charge in [0.15, 0.2) is 5.78 Å². The minimum absolute atomic E-state index is 0.359. The van der Waals surface area contributed by atoms with Crippen LogP contribution in [0.3, 0.4) is 0 Å². The van der Waals surface area contributed by atoms with Gasteiger partial charge in [-0.3, -0.25) is 0 Å². The number of nitrogens with zero attached hydrogens (tertiary/aromatic N) is 1. The van der Waals surface area contributed by atoms with E-state index in [-0.39, 0.29) is 0 Å². The normalized spacial score (nSPS) is 11.7. The Bertz CT molecular complexity index is 1200. The molecule has 33 heavy (non-hydrogen) atoms. The van der Waals surface area contributed by atoms with Crippen LogP contribution in [-0.4, -0.2) is 5.78 Å². The van der Waals surface area contributed by atoms with Crippen LogP contribution in [0.15, 0.2) is 115 Å². The first-order chi connectivity index (χ1) is 16.1. The van der Waals surface area contributed by atoms with Crippen LogP contribution in [0.25, 0.3) is 0 Å². The molecule has 0 saturated carbocycles. The van der Waals surface area contributed by atoms with E-state index in [4.69, 9.17) is 14.3 Å². The van der Waals surface area contributed by atoms with E-state index >= 15 is 0 Å². The van der Waals surface area contributed by atoms with Crippen LogP contribution >= 0.6 is 7.60 Å². The van der Waals surface area contributed by atoms with E-state index in [0.717, 1.165) is 11.3 Å². The number of nitrogens with one attached hydrogen (secondary N) is 1. The molecule has 0 aliphatic rings. The second-order valence-corrected chi connectivity index (χ2v) is 9.46. The van der Waals surface area contributed by atoms with Crippen molar-refractivity contribution in [2.24, 2.45) is 0 Å². The molecule has 0 saturated heterocycles. The molecule has 4 rings (SSSR count). The zero-order valence-corrected chi connectivity index (χ0v) is 18.8. The van der Waals surface area contributed by atoms with Gasteiger partial charge in [0.1, 0.15) is 11.5 Å². The topological polar surface area (TPSA) is 71.4 Å². The molecule has 0 aliphatic heterocycles. The molecule has 0 amide bonds. The minimum Gasteiger partial charge on any atom is -0.415 e. The third kappa shape index (κ3) is 6.04.